The zero-order valence-electron chi connectivity index (χ0n) is 17.4. The molecule has 2 N–H and O–H groups in total. The molecule has 6 heteroatoms. The number of carbonyl (C=O) groups is 1. The Labute approximate surface area is 174 Å². The number of nitrogens with one attached hydrogen (secondary N) is 2. The number of benzene rings is 2. The van der Waals surface area contributed by atoms with Crippen LogP contribution in [0.4, 0.5) is 13.2 Å². The van der Waals surface area contributed by atoms with Gasteiger partial charge in [-0.1, -0.05) is 50.2 Å². The van der Waals surface area contributed by atoms with Crippen LogP contribution in [0.25, 0.3) is 10.9 Å². The number of rotatable bonds is 7. The number of amides is 1. The lowest BCUT2D eigenvalue weighted by Gasteiger charge is -2.20. The van der Waals surface area contributed by atoms with Crippen molar-refractivity contribution < 1.29 is 18.0 Å². The molecule has 0 radical (unpaired) electrons. The molecule has 0 aliphatic carbocycles. The molecule has 160 valence electrons. The van der Waals surface area contributed by atoms with Crippen molar-refractivity contribution in [2.45, 2.75) is 58.2 Å². The summed E-state index contributed by atoms with van der Waals surface area (Å²) in [5, 5.41) is 3.87. The van der Waals surface area contributed by atoms with Crippen LogP contribution in [0.15, 0.2) is 48.7 Å². The van der Waals surface area contributed by atoms with E-state index in [1.807, 2.05) is 38.2 Å². The summed E-state index contributed by atoms with van der Waals surface area (Å²) in [6, 6.07) is 11.2. The first-order valence-corrected chi connectivity index (χ1v) is 10.3. The van der Waals surface area contributed by atoms with Crippen molar-refractivity contribution in [3.05, 3.63) is 70.9 Å². The summed E-state index contributed by atoms with van der Waals surface area (Å²) in [5.41, 5.74) is 2.70. The summed E-state index contributed by atoms with van der Waals surface area (Å²) in [7, 11) is 0. The SMILES string of the molecule is CCc1cccc2c(C(CC(=O)NC(C)CC)c3cccc(C(F)(F)F)c3)c[nH]c12. The molecule has 0 aliphatic rings. The first-order valence-electron chi connectivity index (χ1n) is 10.3. The highest BCUT2D eigenvalue weighted by molar-refractivity contribution is 5.88. The minimum absolute atomic E-state index is 0.00863. The second-order valence-electron chi connectivity index (χ2n) is 7.69. The average Bonchev–Trinajstić information content (AvgIpc) is 3.15. The number of H-pyrrole nitrogens is 1. The Bertz CT molecular complexity index is 1020. The van der Waals surface area contributed by atoms with E-state index in [0.29, 0.717) is 5.56 Å². The Morgan fingerprint density at radius 2 is 1.87 bits per heavy atom. The van der Waals surface area contributed by atoms with Crippen molar-refractivity contribution in [3.63, 3.8) is 0 Å². The topological polar surface area (TPSA) is 44.9 Å². The smallest absolute Gasteiger partial charge is 0.361 e. The number of aryl methyl sites for hydroxylation is 1. The second kappa shape index (κ2) is 8.94. The standard InChI is InChI=1S/C24H27F3N2O/c1-4-15(3)29-22(30)13-20(17-9-6-10-18(12-17)24(25,26)27)21-14-28-23-16(5-2)8-7-11-19(21)23/h6-12,14-15,20,28H,4-5,13H2,1-3H3,(H,29,30). The van der Waals surface area contributed by atoms with Gasteiger partial charge in [0.2, 0.25) is 5.91 Å². The van der Waals surface area contributed by atoms with E-state index in [4.69, 9.17) is 0 Å². The predicted octanol–water partition coefficient (Wildman–Crippen LogP) is 6.19. The second-order valence-corrected chi connectivity index (χ2v) is 7.69. The highest BCUT2D eigenvalue weighted by atomic mass is 19.4. The Hall–Kier alpha value is -2.76. The van der Waals surface area contributed by atoms with E-state index < -0.39 is 17.7 Å². The van der Waals surface area contributed by atoms with E-state index in [1.165, 1.54) is 6.07 Å². The number of para-hydroxylation sites is 1. The molecule has 2 unspecified atom stereocenters. The lowest BCUT2D eigenvalue weighted by Crippen LogP contribution is -2.33. The van der Waals surface area contributed by atoms with Crippen LogP contribution in [0.2, 0.25) is 0 Å². The number of hydrogen-bond donors (Lipinski definition) is 2. The van der Waals surface area contributed by atoms with Gasteiger partial charge < -0.3 is 10.3 Å². The van der Waals surface area contributed by atoms with Crippen molar-refractivity contribution >= 4 is 16.8 Å². The Balaban J connectivity index is 2.08. The monoisotopic (exact) mass is 416 g/mol. The molecule has 1 heterocycles. The Morgan fingerprint density at radius 1 is 1.13 bits per heavy atom. The maximum Gasteiger partial charge on any atom is 0.416 e. The van der Waals surface area contributed by atoms with E-state index in [0.717, 1.165) is 47.0 Å². The van der Waals surface area contributed by atoms with Crippen LogP contribution in [-0.4, -0.2) is 16.9 Å². The Kier molecular flexibility index (Phi) is 6.54. The third kappa shape index (κ3) is 4.69. The number of fused-ring (bicyclic) bond motifs is 1. The summed E-state index contributed by atoms with van der Waals surface area (Å²) < 4.78 is 40.0. The lowest BCUT2D eigenvalue weighted by molar-refractivity contribution is -0.137. The molecule has 2 aromatic carbocycles. The first-order chi connectivity index (χ1) is 14.2. The molecule has 0 spiro atoms. The van der Waals surface area contributed by atoms with Crippen molar-refractivity contribution in [1.29, 1.82) is 0 Å². The van der Waals surface area contributed by atoms with E-state index in [-0.39, 0.29) is 18.4 Å². The molecule has 0 saturated carbocycles. The van der Waals surface area contributed by atoms with Gasteiger partial charge in [-0.05, 0) is 42.5 Å². The van der Waals surface area contributed by atoms with Gasteiger partial charge in [0.15, 0.2) is 0 Å². The van der Waals surface area contributed by atoms with Gasteiger partial charge in [-0.25, -0.2) is 0 Å². The van der Waals surface area contributed by atoms with Gasteiger partial charge in [-0.15, -0.1) is 0 Å². The quantitative estimate of drug-likeness (QED) is 0.474. The number of alkyl halides is 3. The molecule has 2 atom stereocenters. The van der Waals surface area contributed by atoms with Gasteiger partial charge >= 0.3 is 6.18 Å². The van der Waals surface area contributed by atoms with Gasteiger partial charge in [-0.3, -0.25) is 4.79 Å². The van der Waals surface area contributed by atoms with Gasteiger partial charge in [0.05, 0.1) is 5.56 Å². The lowest BCUT2D eigenvalue weighted by atomic mass is 9.86. The number of aromatic nitrogens is 1. The van der Waals surface area contributed by atoms with Gasteiger partial charge in [0.25, 0.3) is 0 Å². The van der Waals surface area contributed by atoms with Crippen LogP contribution >= 0.6 is 0 Å². The highest BCUT2D eigenvalue weighted by Gasteiger charge is 2.32. The van der Waals surface area contributed by atoms with Crippen molar-refractivity contribution in [1.82, 2.24) is 10.3 Å². The first kappa shape index (κ1) is 21.9. The van der Waals surface area contributed by atoms with Crippen LogP contribution in [0.3, 0.4) is 0 Å². The fourth-order valence-corrected chi connectivity index (χ4v) is 3.78. The molecule has 0 saturated heterocycles. The van der Waals surface area contributed by atoms with E-state index in [9.17, 15) is 18.0 Å². The summed E-state index contributed by atoms with van der Waals surface area (Å²) >= 11 is 0. The van der Waals surface area contributed by atoms with E-state index in [2.05, 4.69) is 17.2 Å². The van der Waals surface area contributed by atoms with Crippen molar-refractivity contribution in [3.8, 4) is 0 Å². The van der Waals surface area contributed by atoms with Gasteiger partial charge in [0.1, 0.15) is 0 Å². The largest absolute Gasteiger partial charge is 0.416 e. The number of aromatic amines is 1. The molecule has 1 aromatic heterocycles. The summed E-state index contributed by atoms with van der Waals surface area (Å²) in [6.45, 7) is 5.94. The Morgan fingerprint density at radius 3 is 2.53 bits per heavy atom. The fraction of sp³-hybridized carbons (Fsp3) is 0.375. The molecule has 3 rings (SSSR count). The maximum atomic E-state index is 13.3. The van der Waals surface area contributed by atoms with Gasteiger partial charge in [0, 0.05) is 35.5 Å². The fourth-order valence-electron chi connectivity index (χ4n) is 3.78. The normalized spacial score (nSPS) is 13.9. The molecule has 3 aromatic rings. The minimum Gasteiger partial charge on any atom is -0.361 e. The van der Waals surface area contributed by atoms with Crippen molar-refractivity contribution in [2.75, 3.05) is 0 Å². The van der Waals surface area contributed by atoms with Gasteiger partial charge in [-0.2, -0.15) is 13.2 Å². The number of halogens is 3. The molecule has 3 nitrogen and oxygen atoms in total. The van der Waals surface area contributed by atoms with Crippen LogP contribution < -0.4 is 5.32 Å². The van der Waals surface area contributed by atoms with Crippen LogP contribution in [0, 0.1) is 0 Å². The molecular formula is C24H27F3N2O. The highest BCUT2D eigenvalue weighted by Crippen LogP contribution is 2.37. The van der Waals surface area contributed by atoms with Crippen LogP contribution in [-0.2, 0) is 17.4 Å². The molecule has 0 bridgehead atoms. The molecule has 0 fully saturated rings. The predicted molar refractivity (Wildman–Crippen MR) is 113 cm³/mol. The van der Waals surface area contributed by atoms with Crippen LogP contribution in [0.1, 0.15) is 61.8 Å². The third-order valence-corrected chi connectivity index (χ3v) is 5.62. The third-order valence-electron chi connectivity index (χ3n) is 5.62. The summed E-state index contributed by atoms with van der Waals surface area (Å²) in [5.74, 6) is -0.662. The summed E-state index contributed by atoms with van der Waals surface area (Å²) in [4.78, 5) is 16.0. The number of carbonyl (C=O) groups excluding carboxylic acids is 1. The maximum absolute atomic E-state index is 13.3. The molecular weight excluding hydrogens is 389 g/mol. The zero-order valence-corrected chi connectivity index (χ0v) is 17.4. The average molecular weight is 416 g/mol. The summed E-state index contributed by atoms with van der Waals surface area (Å²) in [6.07, 6.45) is -0.914. The van der Waals surface area contributed by atoms with Crippen molar-refractivity contribution in [2.24, 2.45) is 0 Å². The molecule has 0 aliphatic heterocycles. The van der Waals surface area contributed by atoms with Crippen LogP contribution in [0.5, 0.6) is 0 Å². The van der Waals surface area contributed by atoms with E-state index in [1.54, 1.807) is 6.07 Å². The number of hydrogen-bond acceptors (Lipinski definition) is 1. The zero-order chi connectivity index (χ0) is 21.9. The molecule has 30 heavy (non-hydrogen) atoms. The minimum atomic E-state index is -4.44. The van der Waals surface area contributed by atoms with E-state index >= 15 is 0 Å². The molecule has 1 amide bonds.